The van der Waals surface area contributed by atoms with Gasteiger partial charge in [0.1, 0.15) is 6.33 Å². The Balaban J connectivity index is 1.47. The van der Waals surface area contributed by atoms with E-state index in [-0.39, 0.29) is 18.9 Å². The Morgan fingerprint density at radius 2 is 1.96 bits per heavy atom. The highest BCUT2D eigenvalue weighted by atomic mass is 16.5. The molecule has 0 atom stereocenters. The zero-order valence-electron chi connectivity index (χ0n) is 15.3. The van der Waals surface area contributed by atoms with E-state index >= 15 is 0 Å². The van der Waals surface area contributed by atoms with Crippen molar-refractivity contribution >= 4 is 17.7 Å². The number of hydrogen-bond acceptors (Lipinski definition) is 6. The van der Waals surface area contributed by atoms with E-state index in [1.54, 1.807) is 11.4 Å². The molecule has 0 spiro atoms. The second kappa shape index (κ2) is 8.39. The summed E-state index contributed by atoms with van der Waals surface area (Å²) in [5.74, 6) is -0.321. The van der Waals surface area contributed by atoms with Crippen LogP contribution in [0.15, 0.2) is 36.7 Å². The first-order valence-electron chi connectivity index (χ1n) is 8.66. The zero-order chi connectivity index (χ0) is 19.2. The number of rotatable bonds is 7. The number of esters is 1. The van der Waals surface area contributed by atoms with Crippen molar-refractivity contribution in [3.05, 3.63) is 59.2 Å². The lowest BCUT2D eigenvalue weighted by Gasteiger charge is -2.10. The van der Waals surface area contributed by atoms with E-state index < -0.39 is 5.97 Å². The average molecular weight is 367 g/mol. The second-order valence-corrected chi connectivity index (χ2v) is 6.16. The molecule has 140 valence electrons. The van der Waals surface area contributed by atoms with Crippen molar-refractivity contribution in [2.75, 3.05) is 13.2 Å². The molecule has 8 nitrogen and oxygen atoms in total. The van der Waals surface area contributed by atoms with Gasteiger partial charge in [-0.1, -0.05) is 30.3 Å². The van der Waals surface area contributed by atoms with Gasteiger partial charge in [0.05, 0.1) is 6.42 Å². The highest BCUT2D eigenvalue weighted by Crippen LogP contribution is 2.14. The Bertz CT molecular complexity index is 953. The summed E-state index contributed by atoms with van der Waals surface area (Å²) in [6.07, 6.45) is 2.16. The molecule has 1 amide bonds. The van der Waals surface area contributed by atoms with Gasteiger partial charge < -0.3 is 10.1 Å². The lowest BCUT2D eigenvalue weighted by Crippen LogP contribution is -2.30. The fourth-order valence-corrected chi connectivity index (χ4v) is 2.79. The summed E-state index contributed by atoms with van der Waals surface area (Å²) in [6, 6.07) is 9.84. The van der Waals surface area contributed by atoms with E-state index in [0.717, 1.165) is 23.2 Å². The van der Waals surface area contributed by atoms with E-state index in [1.807, 2.05) is 37.3 Å². The number of aryl methyl sites for hydroxylation is 2. The minimum absolute atomic E-state index is 0.0256. The Morgan fingerprint density at radius 3 is 2.74 bits per heavy atom. The minimum atomic E-state index is -0.485. The lowest BCUT2D eigenvalue weighted by molar-refractivity contribution is -0.147. The number of carbonyl (C=O) groups is 2. The van der Waals surface area contributed by atoms with Gasteiger partial charge in [0.25, 0.3) is 11.7 Å². The van der Waals surface area contributed by atoms with Crippen LogP contribution < -0.4 is 5.32 Å². The van der Waals surface area contributed by atoms with Gasteiger partial charge in [-0.25, -0.2) is 9.50 Å². The van der Waals surface area contributed by atoms with Crippen LogP contribution in [0, 0.1) is 13.8 Å². The molecule has 3 aromatic rings. The number of ether oxygens (including phenoxy) is 1. The highest BCUT2D eigenvalue weighted by Gasteiger charge is 2.16. The van der Waals surface area contributed by atoms with Crippen LogP contribution >= 0.6 is 0 Å². The van der Waals surface area contributed by atoms with Crippen molar-refractivity contribution in [1.82, 2.24) is 24.9 Å². The first-order valence-corrected chi connectivity index (χ1v) is 8.66. The van der Waals surface area contributed by atoms with Crippen LogP contribution in [-0.4, -0.2) is 44.6 Å². The molecular formula is C19H21N5O3. The first kappa shape index (κ1) is 18.5. The molecule has 27 heavy (non-hydrogen) atoms. The number of nitrogens with one attached hydrogen (secondary N) is 1. The molecule has 3 rings (SSSR count). The molecule has 8 heteroatoms. The van der Waals surface area contributed by atoms with Crippen LogP contribution in [0.25, 0.3) is 5.78 Å². The van der Waals surface area contributed by atoms with Crippen molar-refractivity contribution in [2.45, 2.75) is 26.7 Å². The zero-order valence-corrected chi connectivity index (χ0v) is 15.3. The summed E-state index contributed by atoms with van der Waals surface area (Å²) in [4.78, 5) is 32.3. The summed E-state index contributed by atoms with van der Waals surface area (Å²) >= 11 is 0. The van der Waals surface area contributed by atoms with Crippen LogP contribution in [0.3, 0.4) is 0 Å². The van der Waals surface area contributed by atoms with Crippen LogP contribution in [0.5, 0.6) is 0 Å². The van der Waals surface area contributed by atoms with Gasteiger partial charge in [-0.05, 0) is 25.8 Å². The first-order chi connectivity index (χ1) is 13.0. The summed E-state index contributed by atoms with van der Waals surface area (Å²) < 4.78 is 6.67. The van der Waals surface area contributed by atoms with Gasteiger partial charge in [-0.15, -0.1) is 0 Å². The van der Waals surface area contributed by atoms with Crippen molar-refractivity contribution < 1.29 is 14.3 Å². The fraction of sp³-hybridized carbons (Fsp3) is 0.316. The summed E-state index contributed by atoms with van der Waals surface area (Å²) in [5.41, 5.74) is 3.33. The molecule has 0 saturated heterocycles. The summed E-state index contributed by atoms with van der Waals surface area (Å²) in [6.45, 7) is 3.84. The predicted octanol–water partition coefficient (Wildman–Crippen LogP) is 1.19. The highest BCUT2D eigenvalue weighted by molar-refractivity contribution is 5.81. The molecule has 0 saturated carbocycles. The van der Waals surface area contributed by atoms with Crippen LogP contribution in [0.1, 0.15) is 22.5 Å². The predicted molar refractivity (Wildman–Crippen MR) is 98.1 cm³/mol. The third-order valence-corrected chi connectivity index (χ3v) is 4.25. The number of amides is 1. The van der Waals surface area contributed by atoms with Crippen LogP contribution in [0.4, 0.5) is 0 Å². The standard InChI is InChI=1S/C19H21N5O3/c1-13-16(14(2)24-19(23-13)21-12-22-24)10-18(26)27-11-17(25)20-9-8-15-6-4-3-5-7-15/h3-7,12H,8-11H2,1-2H3,(H,20,25). The number of aromatic nitrogens is 4. The molecule has 1 aromatic carbocycles. The Kier molecular flexibility index (Phi) is 5.75. The largest absolute Gasteiger partial charge is 0.455 e. The van der Waals surface area contributed by atoms with Crippen molar-refractivity contribution in [3.63, 3.8) is 0 Å². The third kappa shape index (κ3) is 4.66. The number of benzene rings is 1. The van der Waals surface area contributed by atoms with Crippen LogP contribution in [0.2, 0.25) is 0 Å². The van der Waals surface area contributed by atoms with E-state index in [0.29, 0.717) is 18.0 Å². The Hall–Kier alpha value is -3.29. The minimum Gasteiger partial charge on any atom is -0.455 e. The number of carbonyl (C=O) groups excluding carboxylic acids is 2. The van der Waals surface area contributed by atoms with Gasteiger partial charge in [0.15, 0.2) is 6.61 Å². The quantitative estimate of drug-likeness (QED) is 0.630. The maximum absolute atomic E-state index is 12.1. The molecule has 0 aliphatic carbocycles. The molecule has 2 aromatic heterocycles. The number of hydrogen-bond donors (Lipinski definition) is 1. The Labute approximate surface area is 156 Å². The number of nitrogens with zero attached hydrogens (tertiary/aromatic N) is 4. The summed E-state index contributed by atoms with van der Waals surface area (Å²) in [5, 5.41) is 6.83. The van der Waals surface area contributed by atoms with Crippen molar-refractivity contribution in [3.8, 4) is 0 Å². The molecule has 0 radical (unpaired) electrons. The Morgan fingerprint density at radius 1 is 1.19 bits per heavy atom. The van der Waals surface area contributed by atoms with Gasteiger partial charge >= 0.3 is 5.97 Å². The maximum atomic E-state index is 12.1. The molecule has 0 fully saturated rings. The van der Waals surface area contributed by atoms with Crippen LogP contribution in [-0.2, 0) is 27.2 Å². The molecule has 1 N–H and O–H groups in total. The normalized spacial score (nSPS) is 10.7. The topological polar surface area (TPSA) is 98.5 Å². The van der Waals surface area contributed by atoms with E-state index in [2.05, 4.69) is 20.4 Å². The van der Waals surface area contributed by atoms with Crippen molar-refractivity contribution in [1.29, 1.82) is 0 Å². The molecule has 0 aliphatic rings. The van der Waals surface area contributed by atoms with Gasteiger partial charge in [-0.2, -0.15) is 10.1 Å². The maximum Gasteiger partial charge on any atom is 0.310 e. The lowest BCUT2D eigenvalue weighted by atomic mass is 10.1. The molecule has 0 aliphatic heterocycles. The van der Waals surface area contributed by atoms with Crippen molar-refractivity contribution in [2.24, 2.45) is 0 Å². The van der Waals surface area contributed by atoms with E-state index in [9.17, 15) is 9.59 Å². The second-order valence-electron chi connectivity index (χ2n) is 6.16. The smallest absolute Gasteiger partial charge is 0.310 e. The van der Waals surface area contributed by atoms with E-state index in [1.165, 1.54) is 6.33 Å². The summed E-state index contributed by atoms with van der Waals surface area (Å²) in [7, 11) is 0. The van der Waals surface area contributed by atoms with Gasteiger partial charge in [-0.3, -0.25) is 9.59 Å². The fourth-order valence-electron chi connectivity index (χ4n) is 2.79. The molecule has 0 bridgehead atoms. The molecular weight excluding hydrogens is 346 g/mol. The molecule has 2 heterocycles. The monoisotopic (exact) mass is 367 g/mol. The van der Waals surface area contributed by atoms with Gasteiger partial charge in [0.2, 0.25) is 0 Å². The van der Waals surface area contributed by atoms with E-state index in [4.69, 9.17) is 4.74 Å². The van der Waals surface area contributed by atoms with Gasteiger partial charge in [0, 0.05) is 23.5 Å². The number of fused-ring (bicyclic) bond motifs is 1. The third-order valence-electron chi connectivity index (χ3n) is 4.25. The molecule has 0 unspecified atom stereocenters. The average Bonchev–Trinajstić information content (AvgIpc) is 3.13. The SMILES string of the molecule is Cc1nc2ncnn2c(C)c1CC(=O)OCC(=O)NCCc1ccccc1.